The van der Waals surface area contributed by atoms with Gasteiger partial charge < -0.3 is 9.47 Å². The smallest absolute Gasteiger partial charge is 0.0541 e. The van der Waals surface area contributed by atoms with Crippen molar-refractivity contribution in [1.29, 1.82) is 0 Å². The van der Waals surface area contributed by atoms with Crippen LogP contribution in [-0.4, -0.2) is 4.57 Å². The summed E-state index contributed by atoms with van der Waals surface area (Å²) in [7, 11) is 0. The summed E-state index contributed by atoms with van der Waals surface area (Å²) in [4.78, 5) is 2.41. The second-order valence-corrected chi connectivity index (χ2v) is 17.7. The van der Waals surface area contributed by atoms with E-state index >= 15 is 0 Å². The predicted octanol–water partition coefficient (Wildman–Crippen LogP) is 17.2. The van der Waals surface area contributed by atoms with E-state index in [1.54, 1.807) is 0 Å². The number of anilines is 3. The lowest BCUT2D eigenvalue weighted by atomic mass is 9.81. The highest BCUT2D eigenvalue weighted by molar-refractivity contribution is 6.10. The van der Waals surface area contributed by atoms with Crippen LogP contribution in [0.5, 0.6) is 0 Å². The summed E-state index contributed by atoms with van der Waals surface area (Å²) in [5, 5.41) is 2.50. The van der Waals surface area contributed by atoms with Gasteiger partial charge in [-0.25, -0.2) is 0 Å². The van der Waals surface area contributed by atoms with Crippen molar-refractivity contribution in [2.45, 2.75) is 19.3 Å². The van der Waals surface area contributed by atoms with Crippen molar-refractivity contribution in [3.63, 3.8) is 0 Å². The van der Waals surface area contributed by atoms with Gasteiger partial charge in [-0.05, 0) is 133 Å². The number of rotatable bonds is 8. The lowest BCUT2D eigenvalue weighted by molar-refractivity contribution is 0.660. The maximum Gasteiger partial charge on any atom is 0.0541 e. The Hall–Kier alpha value is -8.20. The van der Waals surface area contributed by atoms with Gasteiger partial charge in [0.05, 0.1) is 11.0 Å². The number of benzene rings is 10. The molecule has 0 atom stereocenters. The minimum absolute atomic E-state index is 0.199. The van der Waals surface area contributed by atoms with Gasteiger partial charge in [0.25, 0.3) is 0 Å². The average Bonchev–Trinajstić information content (AvgIpc) is 3.83. The van der Waals surface area contributed by atoms with Gasteiger partial charge in [0, 0.05) is 38.9 Å². The Morgan fingerprint density at radius 2 is 0.815 bits per heavy atom. The summed E-state index contributed by atoms with van der Waals surface area (Å²) in [6, 6.07) is 88.7. The SMILES string of the molecule is CC1(C)c2cc(N(c3ccc(-c4ccccc4)cc3)c3ccc(-c4ccc5c(c4)c4ccccc4n5-c4ccccc4)cc3)ccc2-c2c(-c3ccc(-c4ccccc4)cc3)cccc21. The standard InChI is InChI=1S/C63H46N2/c1-63(2)58-23-14-22-54(48-27-25-45(26-28-48)43-15-6-3-7-16-43)62(58)56-39-38-53(42-59(56)63)64(51-34-29-46(30-35-51)44-17-8-4-9-18-44)52-36-31-47(32-37-52)49-33-40-61-57(41-49)55-21-12-13-24-60(55)65(61)50-19-10-5-11-20-50/h3-42H,1-2H3. The molecule has 0 unspecified atom stereocenters. The summed E-state index contributed by atoms with van der Waals surface area (Å²) in [6.45, 7) is 4.76. The number of nitrogens with zero attached hydrogens (tertiary/aromatic N) is 2. The zero-order valence-electron chi connectivity index (χ0n) is 36.5. The van der Waals surface area contributed by atoms with Gasteiger partial charge in [-0.2, -0.15) is 0 Å². The van der Waals surface area contributed by atoms with Crippen LogP contribution < -0.4 is 4.90 Å². The van der Waals surface area contributed by atoms with E-state index in [4.69, 9.17) is 0 Å². The number of fused-ring (bicyclic) bond motifs is 6. The van der Waals surface area contributed by atoms with E-state index < -0.39 is 0 Å². The van der Waals surface area contributed by atoms with Crippen LogP contribution in [0.25, 0.3) is 83.1 Å². The summed E-state index contributed by atoms with van der Waals surface area (Å²) in [5.41, 5.74) is 21.8. The average molecular weight is 831 g/mol. The van der Waals surface area contributed by atoms with E-state index in [-0.39, 0.29) is 5.41 Å². The molecule has 0 fully saturated rings. The molecule has 2 heteroatoms. The van der Waals surface area contributed by atoms with E-state index in [1.165, 1.54) is 94.3 Å². The minimum Gasteiger partial charge on any atom is -0.310 e. The first-order valence-corrected chi connectivity index (χ1v) is 22.6. The highest BCUT2D eigenvalue weighted by Crippen LogP contribution is 2.54. The summed E-state index contributed by atoms with van der Waals surface area (Å²) >= 11 is 0. The fourth-order valence-corrected chi connectivity index (χ4v) is 10.3. The number of aromatic nitrogens is 1. The van der Waals surface area contributed by atoms with E-state index in [0.29, 0.717) is 0 Å². The molecule has 0 spiro atoms. The Bertz CT molecular complexity index is 3510. The molecule has 1 aliphatic carbocycles. The van der Waals surface area contributed by atoms with Gasteiger partial charge in [-0.1, -0.05) is 190 Å². The topological polar surface area (TPSA) is 8.17 Å². The van der Waals surface area contributed by atoms with E-state index in [1.807, 2.05) is 0 Å². The molecule has 1 aromatic heterocycles. The largest absolute Gasteiger partial charge is 0.310 e. The van der Waals surface area contributed by atoms with Crippen molar-refractivity contribution in [2.75, 3.05) is 4.90 Å². The maximum absolute atomic E-state index is 2.44. The third-order valence-corrected chi connectivity index (χ3v) is 13.6. The van der Waals surface area contributed by atoms with Crippen molar-refractivity contribution >= 4 is 38.9 Å². The van der Waals surface area contributed by atoms with Crippen LogP contribution in [0.1, 0.15) is 25.0 Å². The van der Waals surface area contributed by atoms with Crippen LogP contribution in [0, 0.1) is 0 Å². The number of hydrogen-bond acceptors (Lipinski definition) is 1. The first-order valence-electron chi connectivity index (χ1n) is 22.6. The van der Waals surface area contributed by atoms with Gasteiger partial charge >= 0.3 is 0 Å². The van der Waals surface area contributed by atoms with Crippen LogP contribution >= 0.6 is 0 Å². The molecule has 0 bridgehead atoms. The van der Waals surface area contributed by atoms with Gasteiger partial charge in [0.2, 0.25) is 0 Å². The van der Waals surface area contributed by atoms with Crippen molar-refractivity contribution in [3.05, 3.63) is 254 Å². The van der Waals surface area contributed by atoms with Crippen molar-refractivity contribution in [3.8, 4) is 61.3 Å². The van der Waals surface area contributed by atoms with Crippen LogP contribution in [0.3, 0.4) is 0 Å². The molecule has 10 aromatic carbocycles. The second-order valence-electron chi connectivity index (χ2n) is 17.7. The fraction of sp³-hybridized carbons (Fsp3) is 0.0476. The third kappa shape index (κ3) is 6.57. The van der Waals surface area contributed by atoms with Crippen LogP contribution in [0.4, 0.5) is 17.1 Å². The Labute approximate surface area is 381 Å². The molecule has 0 N–H and O–H groups in total. The van der Waals surface area contributed by atoms with Gasteiger partial charge in [0.15, 0.2) is 0 Å². The Kier molecular flexibility index (Phi) is 9.21. The van der Waals surface area contributed by atoms with Crippen LogP contribution in [-0.2, 0) is 5.41 Å². The summed E-state index contributed by atoms with van der Waals surface area (Å²) < 4.78 is 2.37. The first-order chi connectivity index (χ1) is 32.0. The first kappa shape index (κ1) is 38.5. The molecular weight excluding hydrogens is 785 g/mol. The molecule has 0 radical (unpaired) electrons. The third-order valence-electron chi connectivity index (χ3n) is 13.6. The summed E-state index contributed by atoms with van der Waals surface area (Å²) in [5.74, 6) is 0. The molecule has 2 nitrogen and oxygen atoms in total. The molecule has 65 heavy (non-hydrogen) atoms. The van der Waals surface area contributed by atoms with Gasteiger partial charge in [0.1, 0.15) is 0 Å². The lowest BCUT2D eigenvalue weighted by Crippen LogP contribution is -2.16. The normalized spacial score (nSPS) is 12.6. The Morgan fingerprint density at radius 1 is 0.323 bits per heavy atom. The van der Waals surface area contributed by atoms with Crippen molar-refractivity contribution < 1.29 is 0 Å². The molecule has 0 amide bonds. The Balaban J connectivity index is 0.943. The molecule has 12 rings (SSSR count). The quantitative estimate of drug-likeness (QED) is 0.148. The maximum atomic E-state index is 2.44. The minimum atomic E-state index is -0.199. The van der Waals surface area contributed by atoms with Crippen molar-refractivity contribution in [2.24, 2.45) is 0 Å². The van der Waals surface area contributed by atoms with Crippen LogP contribution in [0.15, 0.2) is 243 Å². The molecule has 308 valence electrons. The molecule has 0 saturated heterocycles. The molecule has 11 aromatic rings. The van der Waals surface area contributed by atoms with Gasteiger partial charge in [-0.15, -0.1) is 0 Å². The molecule has 0 aliphatic heterocycles. The summed E-state index contributed by atoms with van der Waals surface area (Å²) in [6.07, 6.45) is 0. The highest BCUT2D eigenvalue weighted by Gasteiger charge is 2.37. The van der Waals surface area contributed by atoms with Crippen LogP contribution in [0.2, 0.25) is 0 Å². The van der Waals surface area contributed by atoms with E-state index in [0.717, 1.165) is 17.1 Å². The number of para-hydroxylation sites is 2. The molecule has 1 heterocycles. The number of hydrogen-bond donors (Lipinski definition) is 0. The highest BCUT2D eigenvalue weighted by atomic mass is 15.1. The molecule has 1 aliphatic rings. The zero-order chi connectivity index (χ0) is 43.5. The van der Waals surface area contributed by atoms with E-state index in [9.17, 15) is 0 Å². The molecular formula is C63H46N2. The second kappa shape index (κ2) is 15.6. The zero-order valence-corrected chi connectivity index (χ0v) is 36.5. The van der Waals surface area contributed by atoms with Gasteiger partial charge in [-0.3, -0.25) is 0 Å². The molecule has 0 saturated carbocycles. The van der Waals surface area contributed by atoms with E-state index in [2.05, 4.69) is 266 Å². The lowest BCUT2D eigenvalue weighted by Gasteiger charge is -2.28. The predicted molar refractivity (Wildman–Crippen MR) is 275 cm³/mol. The Morgan fingerprint density at radius 3 is 1.46 bits per heavy atom. The fourth-order valence-electron chi connectivity index (χ4n) is 10.3. The van der Waals surface area contributed by atoms with Crippen molar-refractivity contribution in [1.82, 2.24) is 4.57 Å². The monoisotopic (exact) mass is 830 g/mol.